The van der Waals surface area contributed by atoms with Gasteiger partial charge in [0.2, 0.25) is 0 Å². The van der Waals surface area contributed by atoms with Gasteiger partial charge in [0.1, 0.15) is 0 Å². The van der Waals surface area contributed by atoms with Crippen LogP contribution in [0.4, 0.5) is 5.69 Å². The highest BCUT2D eigenvalue weighted by molar-refractivity contribution is 7.91. The fourth-order valence-corrected chi connectivity index (χ4v) is 4.32. The zero-order valence-corrected chi connectivity index (χ0v) is 12.6. The van der Waals surface area contributed by atoms with Gasteiger partial charge in [-0.2, -0.15) is 0 Å². The van der Waals surface area contributed by atoms with Crippen molar-refractivity contribution < 1.29 is 8.42 Å². The van der Waals surface area contributed by atoms with Gasteiger partial charge in [0.05, 0.1) is 16.3 Å². The Morgan fingerprint density at radius 2 is 1.84 bits per heavy atom. The summed E-state index contributed by atoms with van der Waals surface area (Å²) in [7, 11) is -3.17. The van der Waals surface area contributed by atoms with Crippen LogP contribution < -0.4 is 5.32 Å². The lowest BCUT2D eigenvalue weighted by molar-refractivity contribution is 0.531. The summed E-state index contributed by atoms with van der Waals surface area (Å²) in [5.74, 6) is 0.211. The van der Waals surface area contributed by atoms with Crippen molar-refractivity contribution in [1.82, 2.24) is 0 Å². The molecule has 0 unspecified atom stereocenters. The monoisotopic (exact) mass is 281 g/mol. The van der Waals surface area contributed by atoms with Crippen molar-refractivity contribution in [3.8, 4) is 0 Å². The van der Waals surface area contributed by atoms with Gasteiger partial charge in [-0.3, -0.25) is 0 Å². The summed E-state index contributed by atoms with van der Waals surface area (Å²) in [6.45, 7) is 4.08. The predicted octanol–water partition coefficient (Wildman–Crippen LogP) is 3.61. The molecular weight excluding hydrogens is 258 g/mol. The molecule has 1 fully saturated rings. The third-order valence-electron chi connectivity index (χ3n) is 3.84. The minimum atomic E-state index is -3.17. The van der Waals surface area contributed by atoms with Crippen LogP contribution in [0, 0.1) is 0 Å². The number of nitrogens with one attached hydrogen (secondary N) is 1. The van der Waals surface area contributed by atoms with Crippen molar-refractivity contribution >= 4 is 15.5 Å². The number of rotatable bonds is 5. The van der Waals surface area contributed by atoms with Gasteiger partial charge in [0, 0.05) is 5.54 Å². The first kappa shape index (κ1) is 14.4. The fourth-order valence-electron chi connectivity index (χ4n) is 2.83. The number of benzene rings is 1. The molecule has 1 aliphatic carbocycles. The number of hydrogen-bond donors (Lipinski definition) is 1. The molecule has 0 aromatic heterocycles. The van der Waals surface area contributed by atoms with E-state index >= 15 is 0 Å². The minimum absolute atomic E-state index is 0.0395. The Kier molecular flexibility index (Phi) is 4.19. The molecule has 2 rings (SSSR count). The van der Waals surface area contributed by atoms with E-state index in [1.807, 2.05) is 19.1 Å². The van der Waals surface area contributed by atoms with E-state index in [4.69, 9.17) is 0 Å². The molecule has 1 aromatic rings. The molecule has 0 spiro atoms. The molecule has 0 aliphatic heterocycles. The standard InChI is InChI=1S/C15H23NO2S/c1-3-12-19(17,18)14-9-5-4-8-13(14)16-15(2)10-6-7-11-15/h4-5,8-9,16H,3,6-7,10-12H2,1-2H3. The molecule has 106 valence electrons. The Hall–Kier alpha value is -1.03. The van der Waals surface area contributed by atoms with E-state index in [0.29, 0.717) is 11.3 Å². The van der Waals surface area contributed by atoms with E-state index in [-0.39, 0.29) is 11.3 Å². The third kappa shape index (κ3) is 3.30. The van der Waals surface area contributed by atoms with Gasteiger partial charge in [-0.1, -0.05) is 31.9 Å². The first-order chi connectivity index (χ1) is 8.97. The Labute approximate surface area is 116 Å². The Balaban J connectivity index is 2.31. The van der Waals surface area contributed by atoms with Gasteiger partial charge in [-0.25, -0.2) is 8.42 Å². The second-order valence-electron chi connectivity index (χ2n) is 5.71. The van der Waals surface area contributed by atoms with Crippen molar-refractivity contribution in [3.63, 3.8) is 0 Å². The molecule has 3 nitrogen and oxygen atoms in total. The maximum atomic E-state index is 12.3. The number of para-hydroxylation sites is 1. The molecule has 1 aliphatic rings. The lowest BCUT2D eigenvalue weighted by Gasteiger charge is -2.28. The van der Waals surface area contributed by atoms with Crippen LogP contribution in [0.15, 0.2) is 29.2 Å². The van der Waals surface area contributed by atoms with E-state index in [9.17, 15) is 8.42 Å². The molecule has 0 amide bonds. The topological polar surface area (TPSA) is 46.2 Å². The van der Waals surface area contributed by atoms with Crippen LogP contribution in [0.25, 0.3) is 0 Å². The number of anilines is 1. The lowest BCUT2D eigenvalue weighted by atomic mass is 10.0. The minimum Gasteiger partial charge on any atom is -0.379 e. The van der Waals surface area contributed by atoms with Gasteiger partial charge in [-0.15, -0.1) is 0 Å². The summed E-state index contributed by atoms with van der Waals surface area (Å²) in [6.07, 6.45) is 5.29. The van der Waals surface area contributed by atoms with Crippen LogP contribution in [0.5, 0.6) is 0 Å². The quantitative estimate of drug-likeness (QED) is 0.896. The average molecular weight is 281 g/mol. The molecule has 0 radical (unpaired) electrons. The van der Waals surface area contributed by atoms with Gasteiger partial charge in [-0.05, 0) is 38.3 Å². The molecule has 0 bridgehead atoms. The van der Waals surface area contributed by atoms with Gasteiger partial charge in [0.15, 0.2) is 9.84 Å². The third-order valence-corrected chi connectivity index (χ3v) is 5.81. The summed E-state index contributed by atoms with van der Waals surface area (Å²) < 4.78 is 24.6. The van der Waals surface area contributed by atoms with Crippen LogP contribution in [-0.4, -0.2) is 19.7 Å². The van der Waals surface area contributed by atoms with Crippen molar-refractivity contribution in [1.29, 1.82) is 0 Å². The van der Waals surface area contributed by atoms with E-state index in [1.165, 1.54) is 12.8 Å². The molecule has 19 heavy (non-hydrogen) atoms. The zero-order chi connectivity index (χ0) is 13.9. The van der Waals surface area contributed by atoms with Gasteiger partial charge < -0.3 is 5.32 Å². The lowest BCUT2D eigenvalue weighted by Crippen LogP contribution is -2.31. The van der Waals surface area contributed by atoms with E-state index < -0.39 is 9.84 Å². The molecule has 0 atom stereocenters. The predicted molar refractivity (Wildman–Crippen MR) is 79.3 cm³/mol. The molecule has 0 saturated heterocycles. The zero-order valence-electron chi connectivity index (χ0n) is 11.8. The molecule has 1 aromatic carbocycles. The molecular formula is C15H23NO2S. The summed E-state index contributed by atoms with van der Waals surface area (Å²) in [5.41, 5.74) is 0.804. The van der Waals surface area contributed by atoms with Crippen LogP contribution in [0.1, 0.15) is 46.0 Å². The maximum Gasteiger partial charge on any atom is 0.180 e. The average Bonchev–Trinajstić information content (AvgIpc) is 2.76. The highest BCUT2D eigenvalue weighted by atomic mass is 32.2. The Bertz CT molecular complexity index is 531. The van der Waals surface area contributed by atoms with Gasteiger partial charge in [0.25, 0.3) is 0 Å². The fraction of sp³-hybridized carbons (Fsp3) is 0.600. The SMILES string of the molecule is CCCS(=O)(=O)c1ccccc1NC1(C)CCCC1. The highest BCUT2D eigenvalue weighted by Crippen LogP contribution is 2.34. The van der Waals surface area contributed by atoms with Crippen LogP contribution >= 0.6 is 0 Å². The smallest absolute Gasteiger partial charge is 0.180 e. The van der Waals surface area contributed by atoms with Crippen LogP contribution in [0.2, 0.25) is 0 Å². The second kappa shape index (κ2) is 5.53. The number of hydrogen-bond acceptors (Lipinski definition) is 3. The van der Waals surface area contributed by atoms with Gasteiger partial charge >= 0.3 is 0 Å². The van der Waals surface area contributed by atoms with Crippen LogP contribution in [-0.2, 0) is 9.84 Å². The molecule has 4 heteroatoms. The molecule has 0 heterocycles. The van der Waals surface area contributed by atoms with E-state index in [2.05, 4.69) is 12.2 Å². The van der Waals surface area contributed by atoms with Crippen molar-refractivity contribution in [2.45, 2.75) is 56.4 Å². The Morgan fingerprint density at radius 3 is 2.47 bits per heavy atom. The summed E-state index contributed by atoms with van der Waals surface area (Å²) >= 11 is 0. The largest absolute Gasteiger partial charge is 0.379 e. The summed E-state index contributed by atoms with van der Waals surface area (Å²) in [6, 6.07) is 7.29. The highest BCUT2D eigenvalue weighted by Gasteiger charge is 2.30. The van der Waals surface area contributed by atoms with Crippen LogP contribution in [0.3, 0.4) is 0 Å². The molecule has 1 N–H and O–H groups in total. The summed E-state index contributed by atoms with van der Waals surface area (Å²) in [4.78, 5) is 0.449. The molecule has 1 saturated carbocycles. The van der Waals surface area contributed by atoms with E-state index in [0.717, 1.165) is 18.5 Å². The van der Waals surface area contributed by atoms with Crippen molar-refractivity contribution in [3.05, 3.63) is 24.3 Å². The number of sulfone groups is 1. The van der Waals surface area contributed by atoms with E-state index in [1.54, 1.807) is 12.1 Å². The maximum absolute atomic E-state index is 12.3. The van der Waals surface area contributed by atoms with Crippen molar-refractivity contribution in [2.75, 3.05) is 11.1 Å². The summed E-state index contributed by atoms with van der Waals surface area (Å²) in [5, 5.41) is 3.47. The first-order valence-corrected chi connectivity index (χ1v) is 8.72. The second-order valence-corrected chi connectivity index (χ2v) is 7.79. The van der Waals surface area contributed by atoms with Crippen molar-refractivity contribution in [2.24, 2.45) is 0 Å². The first-order valence-electron chi connectivity index (χ1n) is 7.07. The normalized spacial score (nSPS) is 18.4. The Morgan fingerprint density at radius 1 is 1.21 bits per heavy atom.